The van der Waals surface area contributed by atoms with Gasteiger partial charge >= 0.3 is 0 Å². The number of anilines is 1. The Morgan fingerprint density at radius 2 is 2.04 bits per heavy atom. The van der Waals surface area contributed by atoms with Crippen molar-refractivity contribution in [3.63, 3.8) is 0 Å². The summed E-state index contributed by atoms with van der Waals surface area (Å²) in [5.41, 5.74) is -0.579. The minimum absolute atomic E-state index is 0.140. The van der Waals surface area contributed by atoms with Crippen molar-refractivity contribution >= 4 is 23.4 Å². The van der Waals surface area contributed by atoms with Crippen molar-refractivity contribution in [2.75, 3.05) is 25.6 Å². The van der Waals surface area contributed by atoms with E-state index in [2.05, 4.69) is 10.6 Å². The van der Waals surface area contributed by atoms with Gasteiger partial charge in [0.1, 0.15) is 11.4 Å². The third kappa shape index (κ3) is 1.95. The van der Waals surface area contributed by atoms with E-state index in [-0.39, 0.29) is 19.1 Å². The van der Waals surface area contributed by atoms with Crippen LogP contribution in [0.5, 0.6) is 0 Å². The number of halogens is 1. The van der Waals surface area contributed by atoms with E-state index in [9.17, 15) is 18.8 Å². The van der Waals surface area contributed by atoms with Gasteiger partial charge in [0.05, 0.1) is 25.0 Å². The van der Waals surface area contributed by atoms with Crippen LogP contribution in [0.25, 0.3) is 0 Å². The van der Waals surface area contributed by atoms with E-state index in [4.69, 9.17) is 4.74 Å². The Morgan fingerprint density at radius 3 is 2.76 bits per heavy atom. The predicted octanol–water partition coefficient (Wildman–Crippen LogP) is 0.212. The summed E-state index contributed by atoms with van der Waals surface area (Å²) in [4.78, 5) is 39.7. The fraction of sp³-hybridized carbons (Fsp3) is 0.471. The topological polar surface area (TPSA) is 87.7 Å². The first-order valence-electron chi connectivity index (χ1n) is 8.15. The summed E-state index contributed by atoms with van der Waals surface area (Å²) < 4.78 is 18.8. The minimum atomic E-state index is -1.42. The van der Waals surface area contributed by atoms with Gasteiger partial charge in [-0.1, -0.05) is 0 Å². The number of ether oxygens (including phenoxy) is 1. The standard InChI is InChI=1S/C17H18FN3O4/c1-8-12-13(15(23)21(14(12)22)5-6-25-2)17(20-8)10-7-9(18)3-4-11(10)19-16(17)24/h3-4,7-8,12-13,20H,5-6H2,1-2H3,(H,19,24)/t8-,12+,13-,17-/m0/s1. The fourth-order valence-corrected chi connectivity index (χ4v) is 4.40. The highest BCUT2D eigenvalue weighted by Gasteiger charge is 2.69. The SMILES string of the molecule is COCCN1C(=O)[C@@H]2[C@H](C)N[C@]3(C(=O)Nc4ccc(F)cc43)[C@@H]2C1=O. The first-order chi connectivity index (χ1) is 11.9. The number of imide groups is 1. The molecule has 4 atom stereocenters. The molecule has 132 valence electrons. The first kappa shape index (κ1) is 16.2. The number of hydrogen-bond acceptors (Lipinski definition) is 5. The molecule has 8 heteroatoms. The molecule has 2 fully saturated rings. The molecule has 0 aromatic heterocycles. The summed E-state index contributed by atoms with van der Waals surface area (Å²) >= 11 is 0. The number of benzene rings is 1. The number of methoxy groups -OCH3 is 1. The smallest absolute Gasteiger partial charge is 0.250 e. The van der Waals surface area contributed by atoms with Gasteiger partial charge in [0.25, 0.3) is 0 Å². The van der Waals surface area contributed by atoms with Crippen LogP contribution in [0.2, 0.25) is 0 Å². The summed E-state index contributed by atoms with van der Waals surface area (Å²) in [7, 11) is 1.49. The highest BCUT2D eigenvalue weighted by atomic mass is 19.1. The van der Waals surface area contributed by atoms with E-state index in [0.29, 0.717) is 11.3 Å². The van der Waals surface area contributed by atoms with Crippen molar-refractivity contribution < 1.29 is 23.5 Å². The highest BCUT2D eigenvalue weighted by Crippen LogP contribution is 2.52. The van der Waals surface area contributed by atoms with Crippen molar-refractivity contribution in [2.24, 2.45) is 11.8 Å². The van der Waals surface area contributed by atoms with Crippen molar-refractivity contribution in [1.82, 2.24) is 10.2 Å². The van der Waals surface area contributed by atoms with Gasteiger partial charge in [-0.3, -0.25) is 24.6 Å². The van der Waals surface area contributed by atoms with Crippen LogP contribution in [-0.2, 0) is 24.7 Å². The Bertz CT molecular complexity index is 798. The summed E-state index contributed by atoms with van der Waals surface area (Å²) in [6.07, 6.45) is 0. The average Bonchev–Trinajstić information content (AvgIpc) is 3.12. The van der Waals surface area contributed by atoms with Crippen molar-refractivity contribution in [3.8, 4) is 0 Å². The van der Waals surface area contributed by atoms with Crippen LogP contribution < -0.4 is 10.6 Å². The van der Waals surface area contributed by atoms with Gasteiger partial charge < -0.3 is 10.1 Å². The Balaban J connectivity index is 1.83. The second kappa shape index (κ2) is 5.34. The molecule has 0 bridgehead atoms. The zero-order chi connectivity index (χ0) is 17.9. The molecule has 3 aliphatic heterocycles. The lowest BCUT2D eigenvalue weighted by Gasteiger charge is -2.29. The molecule has 4 rings (SSSR count). The van der Waals surface area contributed by atoms with Crippen LogP contribution in [0.15, 0.2) is 18.2 Å². The summed E-state index contributed by atoms with van der Waals surface area (Å²) in [6, 6.07) is 3.58. The Hall–Kier alpha value is -2.32. The van der Waals surface area contributed by atoms with Gasteiger partial charge in [-0.25, -0.2) is 4.39 Å². The van der Waals surface area contributed by atoms with Crippen molar-refractivity contribution in [3.05, 3.63) is 29.6 Å². The summed E-state index contributed by atoms with van der Waals surface area (Å²) in [6.45, 7) is 2.13. The van der Waals surface area contributed by atoms with Crippen LogP contribution in [-0.4, -0.2) is 48.9 Å². The molecule has 7 nitrogen and oxygen atoms in total. The Morgan fingerprint density at radius 1 is 1.28 bits per heavy atom. The van der Waals surface area contributed by atoms with Gasteiger partial charge in [-0.15, -0.1) is 0 Å². The second-order valence-electron chi connectivity index (χ2n) is 6.71. The average molecular weight is 347 g/mol. The third-order valence-corrected chi connectivity index (χ3v) is 5.43. The number of carbonyl (C=O) groups excluding carboxylic acids is 3. The third-order valence-electron chi connectivity index (χ3n) is 5.43. The van der Waals surface area contributed by atoms with Gasteiger partial charge in [-0.05, 0) is 25.1 Å². The van der Waals surface area contributed by atoms with E-state index in [1.807, 2.05) is 0 Å². The Kier molecular flexibility index (Phi) is 3.45. The molecular weight excluding hydrogens is 329 g/mol. The quantitative estimate of drug-likeness (QED) is 0.764. The molecule has 2 N–H and O–H groups in total. The molecule has 1 spiro atoms. The monoisotopic (exact) mass is 347 g/mol. The lowest BCUT2D eigenvalue weighted by Crippen LogP contribution is -2.53. The maximum Gasteiger partial charge on any atom is 0.250 e. The molecule has 0 radical (unpaired) electrons. The number of hydrogen-bond donors (Lipinski definition) is 2. The minimum Gasteiger partial charge on any atom is -0.383 e. The second-order valence-corrected chi connectivity index (χ2v) is 6.71. The molecule has 0 unspecified atom stereocenters. The van der Waals surface area contributed by atoms with Crippen molar-refractivity contribution in [1.29, 1.82) is 0 Å². The van der Waals surface area contributed by atoms with E-state index >= 15 is 0 Å². The number of rotatable bonds is 3. The fourth-order valence-electron chi connectivity index (χ4n) is 4.40. The van der Waals surface area contributed by atoms with E-state index in [1.54, 1.807) is 6.92 Å². The molecule has 0 saturated carbocycles. The van der Waals surface area contributed by atoms with Gasteiger partial charge in [0, 0.05) is 24.4 Å². The number of nitrogens with zero attached hydrogens (tertiary/aromatic N) is 1. The van der Waals surface area contributed by atoms with Gasteiger partial charge in [0.15, 0.2) is 0 Å². The predicted molar refractivity (Wildman–Crippen MR) is 84.9 cm³/mol. The number of amides is 3. The number of carbonyl (C=O) groups is 3. The van der Waals surface area contributed by atoms with Crippen LogP contribution in [0.1, 0.15) is 12.5 Å². The molecule has 3 amide bonds. The number of fused-ring (bicyclic) bond motifs is 4. The zero-order valence-electron chi connectivity index (χ0n) is 13.8. The highest BCUT2D eigenvalue weighted by molar-refractivity contribution is 6.15. The maximum atomic E-state index is 13.8. The van der Waals surface area contributed by atoms with Crippen LogP contribution in [0, 0.1) is 17.7 Å². The molecule has 25 heavy (non-hydrogen) atoms. The summed E-state index contributed by atoms with van der Waals surface area (Å²) in [5, 5.41) is 5.83. The normalized spacial score (nSPS) is 33.2. The maximum absolute atomic E-state index is 13.8. The number of likely N-dealkylation sites (tertiary alicyclic amines) is 1. The lowest BCUT2D eigenvalue weighted by atomic mass is 9.76. The molecule has 1 aromatic rings. The van der Waals surface area contributed by atoms with Gasteiger partial charge in [-0.2, -0.15) is 0 Å². The van der Waals surface area contributed by atoms with Crippen LogP contribution in [0.3, 0.4) is 0 Å². The first-order valence-corrected chi connectivity index (χ1v) is 8.15. The molecular formula is C17H18FN3O4. The van der Waals surface area contributed by atoms with Crippen LogP contribution in [0.4, 0.5) is 10.1 Å². The molecule has 1 aromatic carbocycles. The van der Waals surface area contributed by atoms with Gasteiger partial charge in [0.2, 0.25) is 17.7 Å². The molecule has 2 saturated heterocycles. The number of nitrogens with one attached hydrogen (secondary N) is 2. The largest absolute Gasteiger partial charge is 0.383 e. The summed E-state index contributed by atoms with van der Waals surface area (Å²) in [5.74, 6) is -3.22. The van der Waals surface area contributed by atoms with E-state index < -0.39 is 41.0 Å². The van der Waals surface area contributed by atoms with Crippen LogP contribution >= 0.6 is 0 Å². The lowest BCUT2D eigenvalue weighted by molar-refractivity contribution is -0.143. The Labute approximate surface area is 143 Å². The molecule has 3 heterocycles. The van der Waals surface area contributed by atoms with Crippen molar-refractivity contribution in [2.45, 2.75) is 18.5 Å². The van der Waals surface area contributed by atoms with E-state index in [1.165, 1.54) is 25.3 Å². The molecule has 3 aliphatic rings. The van der Waals surface area contributed by atoms with E-state index in [0.717, 1.165) is 4.90 Å². The molecule has 0 aliphatic carbocycles. The zero-order valence-corrected chi connectivity index (χ0v) is 13.8.